The van der Waals surface area contributed by atoms with Gasteiger partial charge in [0.2, 0.25) is 0 Å². The molecule has 2 aromatic rings. The predicted octanol–water partition coefficient (Wildman–Crippen LogP) is 3.12. The minimum Gasteiger partial charge on any atom is -0.493 e. The van der Waals surface area contributed by atoms with Crippen LogP contribution in [0.2, 0.25) is 0 Å². The van der Waals surface area contributed by atoms with Gasteiger partial charge in [-0.25, -0.2) is 0 Å². The molecule has 0 spiro atoms. The largest absolute Gasteiger partial charge is 0.493 e. The minimum absolute atomic E-state index is 0.0990. The molecule has 7 nitrogen and oxygen atoms in total. The molecule has 31 heavy (non-hydrogen) atoms. The van der Waals surface area contributed by atoms with Crippen molar-refractivity contribution in [2.75, 3.05) is 41.4 Å². The molecule has 1 aliphatic carbocycles. The molecule has 0 atom stereocenters. The van der Waals surface area contributed by atoms with Gasteiger partial charge in [-0.1, -0.05) is 12.8 Å². The number of ether oxygens (including phenoxy) is 2. The first kappa shape index (κ1) is 23.3. The van der Waals surface area contributed by atoms with Crippen molar-refractivity contribution in [2.24, 2.45) is 0 Å². The molecule has 0 radical (unpaired) electrons. The van der Waals surface area contributed by atoms with Crippen LogP contribution in [0.15, 0.2) is 23.0 Å². The van der Waals surface area contributed by atoms with Crippen LogP contribution < -0.4 is 20.3 Å². The first-order chi connectivity index (χ1) is 14.9. The first-order valence-corrected chi connectivity index (χ1v) is 11.3. The number of H-pyrrole nitrogens is 1. The van der Waals surface area contributed by atoms with Gasteiger partial charge in [0, 0.05) is 29.6 Å². The molecular weight excluding hydrogens is 412 g/mol. The zero-order valence-corrected chi connectivity index (χ0v) is 19.8. The van der Waals surface area contributed by atoms with Gasteiger partial charge in [-0.05, 0) is 64.3 Å². The maximum Gasteiger partial charge on any atom is 0.253 e. The Hall–Kier alpha value is -2.32. The van der Waals surface area contributed by atoms with Gasteiger partial charge in [0.25, 0.3) is 5.56 Å². The molecule has 0 amide bonds. The summed E-state index contributed by atoms with van der Waals surface area (Å²) >= 11 is 5.75. The Morgan fingerprint density at radius 2 is 1.84 bits per heavy atom. The van der Waals surface area contributed by atoms with Crippen LogP contribution in [0.5, 0.6) is 11.5 Å². The summed E-state index contributed by atoms with van der Waals surface area (Å²) in [6.07, 6.45) is 5.64. The van der Waals surface area contributed by atoms with Gasteiger partial charge in [0.1, 0.15) is 0 Å². The average Bonchev–Trinajstić information content (AvgIpc) is 3.28. The monoisotopic (exact) mass is 446 g/mol. The van der Waals surface area contributed by atoms with Crippen molar-refractivity contribution < 1.29 is 9.47 Å². The Bertz CT molecular complexity index is 954. The summed E-state index contributed by atoms with van der Waals surface area (Å²) in [7, 11) is 7.33. The van der Waals surface area contributed by atoms with Crippen molar-refractivity contribution in [1.82, 2.24) is 20.1 Å². The van der Waals surface area contributed by atoms with Crippen LogP contribution in [0.3, 0.4) is 0 Å². The number of thiocarbonyl (C=S) groups is 1. The van der Waals surface area contributed by atoms with E-state index in [0.29, 0.717) is 29.6 Å². The molecule has 8 heteroatoms. The van der Waals surface area contributed by atoms with E-state index in [9.17, 15) is 4.79 Å². The zero-order chi connectivity index (χ0) is 22.4. The fraction of sp³-hybridized carbons (Fsp3) is 0.565. The summed E-state index contributed by atoms with van der Waals surface area (Å²) in [4.78, 5) is 20.2. The number of aromatic nitrogens is 1. The molecular formula is C23H34N4O3S. The van der Waals surface area contributed by atoms with Crippen LogP contribution in [0.4, 0.5) is 0 Å². The van der Waals surface area contributed by atoms with Gasteiger partial charge >= 0.3 is 0 Å². The van der Waals surface area contributed by atoms with E-state index in [1.54, 1.807) is 20.3 Å². The van der Waals surface area contributed by atoms with Crippen molar-refractivity contribution in [1.29, 1.82) is 0 Å². The molecule has 0 bridgehead atoms. The summed E-state index contributed by atoms with van der Waals surface area (Å²) in [5.74, 6) is 1.23. The van der Waals surface area contributed by atoms with Crippen LogP contribution in [-0.2, 0) is 6.54 Å². The van der Waals surface area contributed by atoms with Crippen LogP contribution in [-0.4, -0.2) is 67.3 Å². The number of benzene rings is 1. The number of aromatic amines is 1. The smallest absolute Gasteiger partial charge is 0.253 e. The Balaban J connectivity index is 1.83. The Morgan fingerprint density at radius 1 is 1.16 bits per heavy atom. The highest BCUT2D eigenvalue weighted by Crippen LogP contribution is 2.31. The van der Waals surface area contributed by atoms with Crippen LogP contribution >= 0.6 is 12.2 Å². The summed E-state index contributed by atoms with van der Waals surface area (Å²) < 4.78 is 10.8. The average molecular weight is 447 g/mol. The van der Waals surface area contributed by atoms with Gasteiger partial charge in [-0.15, -0.1) is 0 Å². The molecule has 1 aromatic carbocycles. The number of fused-ring (bicyclic) bond motifs is 1. The second-order valence-electron chi connectivity index (χ2n) is 8.37. The summed E-state index contributed by atoms with van der Waals surface area (Å²) in [6, 6.07) is 6.00. The van der Waals surface area contributed by atoms with E-state index in [2.05, 4.69) is 34.2 Å². The molecule has 0 saturated heterocycles. The fourth-order valence-corrected chi connectivity index (χ4v) is 4.47. The number of nitrogens with one attached hydrogen (secondary N) is 2. The molecule has 0 aliphatic heterocycles. The molecule has 1 fully saturated rings. The maximum absolute atomic E-state index is 12.9. The molecule has 1 heterocycles. The highest BCUT2D eigenvalue weighted by Gasteiger charge is 2.25. The van der Waals surface area contributed by atoms with E-state index in [1.807, 2.05) is 12.1 Å². The molecule has 3 rings (SSSR count). The molecule has 170 valence electrons. The summed E-state index contributed by atoms with van der Waals surface area (Å²) in [6.45, 7) is 2.32. The first-order valence-electron chi connectivity index (χ1n) is 10.9. The second-order valence-corrected chi connectivity index (χ2v) is 8.76. The van der Waals surface area contributed by atoms with Gasteiger partial charge in [0.15, 0.2) is 16.6 Å². The molecule has 1 saturated carbocycles. The van der Waals surface area contributed by atoms with Gasteiger partial charge in [-0.3, -0.25) is 4.79 Å². The normalized spacial score (nSPS) is 14.2. The van der Waals surface area contributed by atoms with Crippen LogP contribution in [0, 0.1) is 0 Å². The maximum atomic E-state index is 12.9. The lowest BCUT2D eigenvalue weighted by molar-refractivity contribution is 0.301. The summed E-state index contributed by atoms with van der Waals surface area (Å²) in [5, 5.41) is 5.05. The number of nitrogens with zero attached hydrogens (tertiary/aromatic N) is 2. The standard InChI is InChI=1S/C23H34N4O3S/c1-26(2)11-7-10-24-23(31)27(18-8-5-6-9-18)15-17-12-16-13-20(29-3)21(30-4)14-19(16)25-22(17)28/h12-14,18H,5-11,15H2,1-4H3,(H,24,31)(H,25,28). The van der Waals surface area contributed by atoms with Gasteiger partial charge in [-0.2, -0.15) is 0 Å². The highest BCUT2D eigenvalue weighted by atomic mass is 32.1. The van der Waals surface area contributed by atoms with Gasteiger partial charge < -0.3 is 29.6 Å². The van der Waals surface area contributed by atoms with Crippen molar-refractivity contribution >= 4 is 28.2 Å². The Kier molecular flexibility index (Phi) is 8.15. The molecule has 1 aromatic heterocycles. The van der Waals surface area contributed by atoms with E-state index in [1.165, 1.54) is 12.8 Å². The fourth-order valence-electron chi connectivity index (χ4n) is 4.15. The molecule has 0 unspecified atom stereocenters. The predicted molar refractivity (Wildman–Crippen MR) is 129 cm³/mol. The van der Waals surface area contributed by atoms with Crippen molar-refractivity contribution in [3.05, 3.63) is 34.1 Å². The van der Waals surface area contributed by atoms with Crippen LogP contribution in [0.1, 0.15) is 37.7 Å². The quantitative estimate of drug-likeness (QED) is 0.453. The van der Waals surface area contributed by atoms with Crippen molar-refractivity contribution in [3.63, 3.8) is 0 Å². The van der Waals surface area contributed by atoms with E-state index >= 15 is 0 Å². The third-order valence-electron chi connectivity index (χ3n) is 5.85. The third kappa shape index (κ3) is 5.89. The lowest BCUT2D eigenvalue weighted by atomic mass is 10.1. The van der Waals surface area contributed by atoms with E-state index in [-0.39, 0.29) is 5.56 Å². The van der Waals surface area contributed by atoms with E-state index < -0.39 is 0 Å². The summed E-state index contributed by atoms with van der Waals surface area (Å²) in [5.41, 5.74) is 1.32. The Morgan fingerprint density at radius 3 is 2.48 bits per heavy atom. The van der Waals surface area contributed by atoms with E-state index in [4.69, 9.17) is 21.7 Å². The number of methoxy groups -OCH3 is 2. The zero-order valence-electron chi connectivity index (χ0n) is 19.0. The van der Waals surface area contributed by atoms with Crippen LogP contribution in [0.25, 0.3) is 10.9 Å². The lowest BCUT2D eigenvalue weighted by Crippen LogP contribution is -2.45. The van der Waals surface area contributed by atoms with Gasteiger partial charge in [0.05, 0.1) is 26.3 Å². The SMILES string of the molecule is COc1cc2cc(CN(C(=S)NCCCN(C)C)C3CCCC3)c(=O)[nH]c2cc1OC. The van der Waals surface area contributed by atoms with E-state index in [0.717, 1.165) is 48.4 Å². The highest BCUT2D eigenvalue weighted by molar-refractivity contribution is 7.80. The topological polar surface area (TPSA) is 69.8 Å². The number of hydrogen-bond donors (Lipinski definition) is 2. The van der Waals surface area contributed by atoms with Crippen molar-refractivity contribution in [2.45, 2.75) is 44.7 Å². The number of hydrogen-bond acceptors (Lipinski definition) is 5. The molecule has 2 N–H and O–H groups in total. The Labute approximate surface area is 189 Å². The third-order valence-corrected chi connectivity index (χ3v) is 6.23. The second kappa shape index (κ2) is 10.8. The molecule has 1 aliphatic rings. The lowest BCUT2D eigenvalue weighted by Gasteiger charge is -2.31. The minimum atomic E-state index is -0.0990. The number of pyridine rings is 1. The number of rotatable bonds is 9. The van der Waals surface area contributed by atoms with Crippen molar-refractivity contribution in [3.8, 4) is 11.5 Å².